The van der Waals surface area contributed by atoms with Crippen LogP contribution in [0.25, 0.3) is 0 Å². The van der Waals surface area contributed by atoms with Crippen LogP contribution in [-0.4, -0.2) is 42.8 Å². The molecular weight excluding hydrogens is 316 g/mol. The van der Waals surface area contributed by atoms with Gasteiger partial charge in [0, 0.05) is 12.1 Å². The minimum absolute atomic E-state index is 0.151. The molecule has 0 aromatic heterocycles. The number of hydrogen-bond acceptors (Lipinski definition) is 7. The third-order valence-electron chi connectivity index (χ3n) is 3.24. The van der Waals surface area contributed by atoms with Crippen molar-refractivity contribution < 1.29 is 34.0 Å². The van der Waals surface area contributed by atoms with Crippen LogP contribution in [0.15, 0.2) is 36.4 Å². The van der Waals surface area contributed by atoms with Crippen molar-refractivity contribution in [3.63, 3.8) is 0 Å². The molecule has 0 atom stereocenters. The van der Waals surface area contributed by atoms with Gasteiger partial charge in [0.2, 0.25) is 5.78 Å². The summed E-state index contributed by atoms with van der Waals surface area (Å²) in [6, 6.07) is 8.07. The van der Waals surface area contributed by atoms with Crippen molar-refractivity contribution in [1.82, 2.24) is 0 Å². The van der Waals surface area contributed by atoms with Crippen LogP contribution in [0.1, 0.15) is 20.7 Å². The van der Waals surface area contributed by atoms with Gasteiger partial charge in [-0.25, -0.2) is 4.79 Å². The van der Waals surface area contributed by atoms with Gasteiger partial charge in [-0.3, -0.25) is 4.79 Å². The van der Waals surface area contributed by atoms with Gasteiger partial charge in [0.25, 0.3) is 0 Å². The number of phenols is 2. The molecule has 2 rings (SSSR count). The Kier molecular flexibility index (Phi) is 5.26. The average molecular weight is 332 g/mol. The summed E-state index contributed by atoms with van der Waals surface area (Å²) in [6.07, 6.45) is 0. The molecule has 126 valence electrons. The highest BCUT2D eigenvalue weighted by molar-refractivity contribution is 6.02. The molecule has 0 spiro atoms. The minimum atomic E-state index is -0.881. The molecule has 0 aliphatic heterocycles. The fourth-order valence-corrected chi connectivity index (χ4v) is 2.01. The molecule has 0 radical (unpaired) electrons. The quantitative estimate of drug-likeness (QED) is 0.617. The SMILES string of the molecule is COc1ccc(C(=O)COC(=O)c2ccc(O)cc2O)c(OC)c1. The summed E-state index contributed by atoms with van der Waals surface area (Å²) in [6.45, 7) is -0.526. The predicted molar refractivity (Wildman–Crippen MR) is 83.9 cm³/mol. The Labute approximate surface area is 138 Å². The van der Waals surface area contributed by atoms with Crippen molar-refractivity contribution in [2.45, 2.75) is 0 Å². The van der Waals surface area contributed by atoms with Crippen LogP contribution in [-0.2, 0) is 4.74 Å². The van der Waals surface area contributed by atoms with Crippen molar-refractivity contribution in [2.75, 3.05) is 20.8 Å². The number of Topliss-reactive ketones (excluding diaryl/α,β-unsaturated/α-hetero) is 1. The first-order valence-electron chi connectivity index (χ1n) is 6.90. The third-order valence-corrected chi connectivity index (χ3v) is 3.24. The molecule has 7 nitrogen and oxygen atoms in total. The largest absolute Gasteiger partial charge is 0.508 e. The Morgan fingerprint density at radius 1 is 0.958 bits per heavy atom. The van der Waals surface area contributed by atoms with Crippen LogP contribution in [0.5, 0.6) is 23.0 Å². The summed E-state index contributed by atoms with van der Waals surface area (Å²) in [5.41, 5.74) is 0.0864. The van der Waals surface area contributed by atoms with Crippen LogP contribution >= 0.6 is 0 Å². The number of ketones is 1. The summed E-state index contributed by atoms with van der Waals surface area (Å²) in [5.74, 6) is -1.16. The highest BCUT2D eigenvalue weighted by atomic mass is 16.5. The monoisotopic (exact) mass is 332 g/mol. The highest BCUT2D eigenvalue weighted by Crippen LogP contribution is 2.26. The molecule has 0 saturated heterocycles. The van der Waals surface area contributed by atoms with Gasteiger partial charge in [0.1, 0.15) is 28.6 Å². The number of methoxy groups -OCH3 is 2. The topological polar surface area (TPSA) is 102 Å². The first-order valence-corrected chi connectivity index (χ1v) is 6.90. The summed E-state index contributed by atoms with van der Waals surface area (Å²) in [7, 11) is 2.90. The molecule has 2 aromatic rings. The number of phenolic OH excluding ortho intramolecular Hbond substituents is 2. The second-order valence-corrected chi connectivity index (χ2v) is 4.77. The number of carbonyl (C=O) groups excluding carboxylic acids is 2. The second kappa shape index (κ2) is 7.36. The van der Waals surface area contributed by atoms with E-state index in [4.69, 9.17) is 14.2 Å². The standard InChI is InChI=1S/C17H16O7/c1-22-11-4-6-12(16(8-11)23-2)15(20)9-24-17(21)13-5-3-10(18)7-14(13)19/h3-8,18-19H,9H2,1-2H3. The van der Waals surface area contributed by atoms with E-state index in [0.29, 0.717) is 11.5 Å². The molecule has 0 saturated carbocycles. The smallest absolute Gasteiger partial charge is 0.342 e. The number of benzene rings is 2. The Balaban J connectivity index is 2.09. The molecule has 7 heteroatoms. The lowest BCUT2D eigenvalue weighted by molar-refractivity contribution is 0.0471. The molecule has 0 aliphatic rings. The van der Waals surface area contributed by atoms with E-state index in [1.165, 1.54) is 32.4 Å². The van der Waals surface area contributed by atoms with E-state index in [9.17, 15) is 19.8 Å². The van der Waals surface area contributed by atoms with E-state index in [-0.39, 0.29) is 16.9 Å². The summed E-state index contributed by atoms with van der Waals surface area (Å²) >= 11 is 0. The summed E-state index contributed by atoms with van der Waals surface area (Å²) in [5, 5.41) is 18.8. The molecule has 2 aromatic carbocycles. The van der Waals surface area contributed by atoms with Crippen LogP contribution in [0.3, 0.4) is 0 Å². The van der Waals surface area contributed by atoms with E-state index >= 15 is 0 Å². The fourth-order valence-electron chi connectivity index (χ4n) is 2.01. The van der Waals surface area contributed by atoms with Gasteiger partial charge in [-0.1, -0.05) is 0 Å². The molecule has 0 bridgehead atoms. The van der Waals surface area contributed by atoms with E-state index in [1.54, 1.807) is 12.1 Å². The van der Waals surface area contributed by atoms with E-state index in [2.05, 4.69) is 0 Å². The zero-order chi connectivity index (χ0) is 17.7. The lowest BCUT2D eigenvalue weighted by Gasteiger charge is -2.10. The molecule has 24 heavy (non-hydrogen) atoms. The number of hydrogen-bond donors (Lipinski definition) is 2. The van der Waals surface area contributed by atoms with Crippen molar-refractivity contribution >= 4 is 11.8 Å². The van der Waals surface area contributed by atoms with Crippen molar-refractivity contribution in [3.05, 3.63) is 47.5 Å². The van der Waals surface area contributed by atoms with Gasteiger partial charge in [0.15, 0.2) is 6.61 Å². The third kappa shape index (κ3) is 3.75. The maximum atomic E-state index is 12.2. The Bertz CT molecular complexity index is 768. The zero-order valence-corrected chi connectivity index (χ0v) is 13.1. The van der Waals surface area contributed by atoms with Crippen LogP contribution in [0.2, 0.25) is 0 Å². The van der Waals surface area contributed by atoms with Gasteiger partial charge < -0.3 is 24.4 Å². The average Bonchev–Trinajstić information content (AvgIpc) is 2.58. The molecular formula is C17H16O7. The Morgan fingerprint density at radius 2 is 1.67 bits per heavy atom. The second-order valence-electron chi connectivity index (χ2n) is 4.77. The van der Waals surface area contributed by atoms with Crippen LogP contribution < -0.4 is 9.47 Å². The fraction of sp³-hybridized carbons (Fsp3) is 0.176. The van der Waals surface area contributed by atoms with E-state index in [0.717, 1.165) is 6.07 Å². The molecule has 2 N–H and O–H groups in total. The number of esters is 1. The van der Waals surface area contributed by atoms with Gasteiger partial charge in [0.05, 0.1) is 19.8 Å². The Morgan fingerprint density at radius 3 is 2.29 bits per heavy atom. The number of carbonyl (C=O) groups is 2. The number of ether oxygens (including phenoxy) is 3. The highest BCUT2D eigenvalue weighted by Gasteiger charge is 2.18. The maximum Gasteiger partial charge on any atom is 0.342 e. The molecule has 0 amide bonds. The molecule has 0 heterocycles. The van der Waals surface area contributed by atoms with Crippen molar-refractivity contribution in [2.24, 2.45) is 0 Å². The maximum absolute atomic E-state index is 12.2. The van der Waals surface area contributed by atoms with E-state index in [1.807, 2.05) is 0 Å². The minimum Gasteiger partial charge on any atom is -0.508 e. The normalized spacial score (nSPS) is 10.1. The molecule has 0 fully saturated rings. The van der Waals surface area contributed by atoms with Gasteiger partial charge in [-0.05, 0) is 24.3 Å². The van der Waals surface area contributed by atoms with Crippen LogP contribution in [0.4, 0.5) is 0 Å². The summed E-state index contributed by atoms with van der Waals surface area (Å²) < 4.78 is 15.1. The lowest BCUT2D eigenvalue weighted by Crippen LogP contribution is -2.15. The first kappa shape index (κ1) is 17.1. The summed E-state index contributed by atoms with van der Waals surface area (Å²) in [4.78, 5) is 24.1. The van der Waals surface area contributed by atoms with Crippen molar-refractivity contribution in [3.8, 4) is 23.0 Å². The van der Waals surface area contributed by atoms with E-state index < -0.39 is 24.1 Å². The van der Waals surface area contributed by atoms with Crippen LogP contribution in [0, 0.1) is 0 Å². The lowest BCUT2D eigenvalue weighted by atomic mass is 10.1. The number of aromatic hydroxyl groups is 2. The van der Waals surface area contributed by atoms with Crippen molar-refractivity contribution in [1.29, 1.82) is 0 Å². The molecule has 0 unspecified atom stereocenters. The van der Waals surface area contributed by atoms with Gasteiger partial charge in [-0.2, -0.15) is 0 Å². The predicted octanol–water partition coefficient (Wildman–Crippen LogP) is 2.15. The first-order chi connectivity index (χ1) is 11.5. The number of rotatable bonds is 6. The Hall–Kier alpha value is -3.22. The zero-order valence-electron chi connectivity index (χ0n) is 13.1. The van der Waals surface area contributed by atoms with Gasteiger partial charge in [-0.15, -0.1) is 0 Å². The van der Waals surface area contributed by atoms with Gasteiger partial charge >= 0.3 is 5.97 Å². The molecule has 0 aliphatic carbocycles.